The lowest BCUT2D eigenvalue weighted by molar-refractivity contribution is -0.141. The van der Waals surface area contributed by atoms with Crippen LogP contribution in [0.4, 0.5) is 0 Å². The van der Waals surface area contributed by atoms with Gasteiger partial charge in [0.2, 0.25) is 0 Å². The molecule has 0 aliphatic rings. The van der Waals surface area contributed by atoms with Crippen molar-refractivity contribution in [3.8, 4) is 5.75 Å². The number of amides is 1. The minimum Gasteiger partial charge on any atom is -0.484 e. The summed E-state index contributed by atoms with van der Waals surface area (Å²) in [5.41, 5.74) is 4.54. The Kier molecular flexibility index (Phi) is 7.54. The molecule has 1 rings (SSSR count). The molecule has 0 saturated carbocycles. The minimum atomic E-state index is -0.418. The first-order valence-electron chi connectivity index (χ1n) is 7.20. The second kappa shape index (κ2) is 9.15. The van der Waals surface area contributed by atoms with Crippen LogP contribution in [0.2, 0.25) is 5.02 Å². The molecule has 0 heterocycles. The van der Waals surface area contributed by atoms with Gasteiger partial charge in [-0.2, -0.15) is 5.10 Å². The van der Waals surface area contributed by atoms with Gasteiger partial charge < -0.3 is 9.47 Å². The van der Waals surface area contributed by atoms with Crippen LogP contribution in [0.25, 0.3) is 0 Å². The van der Waals surface area contributed by atoms with Gasteiger partial charge in [0.25, 0.3) is 5.91 Å². The Morgan fingerprint density at radius 1 is 1.26 bits per heavy atom. The highest BCUT2D eigenvalue weighted by Gasteiger charge is 2.07. The lowest BCUT2D eigenvalue weighted by Crippen LogP contribution is -2.26. The van der Waals surface area contributed by atoms with Crippen molar-refractivity contribution < 1.29 is 19.1 Å². The van der Waals surface area contributed by atoms with E-state index in [2.05, 4.69) is 10.5 Å². The number of nitrogens with zero attached hydrogens (tertiary/aromatic N) is 1. The van der Waals surface area contributed by atoms with E-state index in [1.54, 1.807) is 26.0 Å². The second-order valence-corrected chi connectivity index (χ2v) is 5.40. The van der Waals surface area contributed by atoms with Gasteiger partial charge in [-0.25, -0.2) is 5.43 Å². The van der Waals surface area contributed by atoms with Gasteiger partial charge in [0.15, 0.2) is 6.61 Å². The number of aryl methyl sites for hydroxylation is 2. The van der Waals surface area contributed by atoms with E-state index in [1.165, 1.54) is 0 Å². The highest BCUT2D eigenvalue weighted by atomic mass is 35.5. The molecule has 6 nitrogen and oxygen atoms in total. The van der Waals surface area contributed by atoms with E-state index in [-0.39, 0.29) is 19.0 Å². The maximum Gasteiger partial charge on any atom is 0.311 e. The molecule has 0 aliphatic heterocycles. The number of esters is 1. The van der Waals surface area contributed by atoms with Crippen molar-refractivity contribution in [2.24, 2.45) is 5.10 Å². The van der Waals surface area contributed by atoms with Gasteiger partial charge in [-0.05, 0) is 51.0 Å². The molecule has 0 unspecified atom stereocenters. The highest BCUT2D eigenvalue weighted by molar-refractivity contribution is 6.32. The number of halogens is 1. The summed E-state index contributed by atoms with van der Waals surface area (Å²) in [4.78, 5) is 22.9. The summed E-state index contributed by atoms with van der Waals surface area (Å²) >= 11 is 6.07. The minimum absolute atomic E-state index is 0.0323. The molecule has 0 bridgehead atoms. The Labute approximate surface area is 140 Å². The lowest BCUT2D eigenvalue weighted by atomic mass is 10.1. The van der Waals surface area contributed by atoms with Crippen molar-refractivity contribution in [2.75, 3.05) is 13.2 Å². The molecule has 126 valence electrons. The van der Waals surface area contributed by atoms with Gasteiger partial charge in [0.1, 0.15) is 5.75 Å². The number of hydrogen-bond donors (Lipinski definition) is 1. The molecule has 23 heavy (non-hydrogen) atoms. The third kappa shape index (κ3) is 6.69. The number of hydrogen-bond acceptors (Lipinski definition) is 5. The fourth-order valence-corrected chi connectivity index (χ4v) is 1.90. The lowest BCUT2D eigenvalue weighted by Gasteiger charge is -2.09. The zero-order valence-electron chi connectivity index (χ0n) is 13.7. The zero-order valence-corrected chi connectivity index (χ0v) is 14.5. The quantitative estimate of drug-likeness (QED) is 0.470. The van der Waals surface area contributed by atoms with Crippen LogP contribution in [-0.2, 0) is 14.3 Å². The highest BCUT2D eigenvalue weighted by Crippen LogP contribution is 2.25. The largest absolute Gasteiger partial charge is 0.484 e. The molecule has 1 aromatic carbocycles. The van der Waals surface area contributed by atoms with Crippen molar-refractivity contribution in [3.63, 3.8) is 0 Å². The molecule has 1 aromatic rings. The first-order valence-corrected chi connectivity index (χ1v) is 7.58. The average molecular weight is 341 g/mol. The van der Waals surface area contributed by atoms with Gasteiger partial charge in [-0.1, -0.05) is 11.6 Å². The van der Waals surface area contributed by atoms with E-state index in [4.69, 9.17) is 21.1 Å². The maximum absolute atomic E-state index is 11.7. The van der Waals surface area contributed by atoms with E-state index in [9.17, 15) is 9.59 Å². The van der Waals surface area contributed by atoms with Crippen molar-refractivity contribution in [3.05, 3.63) is 28.3 Å². The van der Waals surface area contributed by atoms with Crippen LogP contribution < -0.4 is 10.2 Å². The first kappa shape index (κ1) is 19.0. The monoisotopic (exact) mass is 340 g/mol. The van der Waals surface area contributed by atoms with Crippen LogP contribution in [0, 0.1) is 13.8 Å². The maximum atomic E-state index is 11.7. The van der Waals surface area contributed by atoms with Crippen LogP contribution in [0.15, 0.2) is 17.2 Å². The van der Waals surface area contributed by atoms with Gasteiger partial charge in [0, 0.05) is 10.7 Å². The van der Waals surface area contributed by atoms with E-state index in [1.807, 2.05) is 13.8 Å². The molecule has 1 amide bonds. The molecular formula is C16H21ClN2O4. The Morgan fingerprint density at radius 2 is 1.87 bits per heavy atom. The van der Waals surface area contributed by atoms with Crippen LogP contribution in [0.5, 0.6) is 5.75 Å². The van der Waals surface area contributed by atoms with Crippen molar-refractivity contribution in [2.45, 2.75) is 34.1 Å². The molecule has 0 aromatic heterocycles. The Hall–Kier alpha value is -2.08. The molecule has 0 fully saturated rings. The van der Waals surface area contributed by atoms with E-state index >= 15 is 0 Å². The van der Waals surface area contributed by atoms with Crippen LogP contribution in [0.3, 0.4) is 0 Å². The number of rotatable bonds is 7. The fourth-order valence-electron chi connectivity index (χ4n) is 1.79. The standard InChI is InChI=1S/C16H21ClN2O4/c1-5-22-15(21)8-12(4)18-19-14(20)9-23-13-6-10(2)16(17)11(3)7-13/h6-7H,5,8-9H2,1-4H3,(H,19,20)/b18-12+. The molecular weight excluding hydrogens is 320 g/mol. The molecule has 7 heteroatoms. The summed E-state index contributed by atoms with van der Waals surface area (Å²) < 4.78 is 10.2. The summed E-state index contributed by atoms with van der Waals surface area (Å²) in [6, 6.07) is 3.52. The molecule has 0 spiro atoms. The second-order valence-electron chi connectivity index (χ2n) is 5.02. The van der Waals surface area contributed by atoms with Gasteiger partial charge in [0.05, 0.1) is 13.0 Å². The smallest absolute Gasteiger partial charge is 0.311 e. The van der Waals surface area contributed by atoms with Crippen molar-refractivity contribution in [1.29, 1.82) is 0 Å². The summed E-state index contributed by atoms with van der Waals surface area (Å²) in [6.45, 7) is 7.22. The number of nitrogens with one attached hydrogen (secondary N) is 1. The summed E-state index contributed by atoms with van der Waals surface area (Å²) in [5.74, 6) is -0.239. The molecule has 0 saturated heterocycles. The number of ether oxygens (including phenoxy) is 2. The SMILES string of the molecule is CCOC(=O)C/C(C)=N/NC(=O)COc1cc(C)c(Cl)c(C)c1. The predicted octanol–water partition coefficient (Wildman–Crippen LogP) is 2.78. The average Bonchev–Trinajstić information content (AvgIpc) is 2.48. The summed E-state index contributed by atoms with van der Waals surface area (Å²) in [6.07, 6.45) is 0.0323. The third-order valence-electron chi connectivity index (χ3n) is 2.86. The van der Waals surface area contributed by atoms with E-state index in [0.29, 0.717) is 23.1 Å². The van der Waals surface area contributed by atoms with Gasteiger partial charge in [-0.3, -0.25) is 9.59 Å². The third-order valence-corrected chi connectivity index (χ3v) is 3.45. The van der Waals surface area contributed by atoms with Gasteiger partial charge in [-0.15, -0.1) is 0 Å². The Bertz CT molecular complexity index is 591. The van der Waals surface area contributed by atoms with E-state index < -0.39 is 5.91 Å². The molecule has 0 aliphatic carbocycles. The number of hydrazone groups is 1. The Morgan fingerprint density at radius 3 is 2.43 bits per heavy atom. The fraction of sp³-hybridized carbons (Fsp3) is 0.438. The van der Waals surface area contributed by atoms with Crippen LogP contribution >= 0.6 is 11.6 Å². The first-order chi connectivity index (χ1) is 10.8. The number of carbonyl (C=O) groups excluding carboxylic acids is 2. The van der Waals surface area contributed by atoms with Crippen molar-refractivity contribution in [1.82, 2.24) is 5.43 Å². The van der Waals surface area contributed by atoms with Crippen LogP contribution in [0.1, 0.15) is 31.4 Å². The number of carbonyl (C=O) groups is 2. The zero-order chi connectivity index (χ0) is 17.4. The predicted molar refractivity (Wildman–Crippen MR) is 88.9 cm³/mol. The topological polar surface area (TPSA) is 77.0 Å². The summed E-state index contributed by atoms with van der Waals surface area (Å²) in [7, 11) is 0. The number of benzene rings is 1. The normalized spacial score (nSPS) is 11.1. The molecule has 0 atom stereocenters. The van der Waals surface area contributed by atoms with E-state index in [0.717, 1.165) is 11.1 Å². The van der Waals surface area contributed by atoms with Gasteiger partial charge >= 0.3 is 5.97 Å². The van der Waals surface area contributed by atoms with Crippen LogP contribution in [-0.4, -0.2) is 30.8 Å². The molecule has 1 N–H and O–H groups in total. The van der Waals surface area contributed by atoms with Crippen molar-refractivity contribution >= 4 is 29.2 Å². The Balaban J connectivity index is 2.47. The molecule has 0 radical (unpaired) electrons. The summed E-state index contributed by atoms with van der Waals surface area (Å²) in [5, 5.41) is 4.50.